The van der Waals surface area contributed by atoms with Gasteiger partial charge in [0.05, 0.1) is 5.69 Å². The molecule has 0 radical (unpaired) electrons. The minimum Gasteiger partial charge on any atom is -0.309 e. The summed E-state index contributed by atoms with van der Waals surface area (Å²) in [6.45, 7) is 9.38. The first-order chi connectivity index (χ1) is 5.75. The monoisotopic (exact) mass is 165 g/mol. The van der Waals surface area contributed by atoms with Gasteiger partial charge in [0.15, 0.2) is 0 Å². The van der Waals surface area contributed by atoms with Crippen molar-refractivity contribution in [2.75, 3.05) is 6.54 Å². The van der Waals surface area contributed by atoms with Gasteiger partial charge in [0.1, 0.15) is 0 Å². The molecule has 0 saturated carbocycles. The molecule has 0 saturated heterocycles. The van der Waals surface area contributed by atoms with Crippen LogP contribution in [0.3, 0.4) is 0 Å². The molecule has 0 aromatic carbocycles. The van der Waals surface area contributed by atoms with Crippen molar-refractivity contribution in [2.45, 2.75) is 20.4 Å². The number of aromatic nitrogens is 2. The van der Waals surface area contributed by atoms with Crippen LogP contribution in [0, 0.1) is 13.8 Å². The Morgan fingerprint density at radius 3 is 2.83 bits per heavy atom. The lowest BCUT2D eigenvalue weighted by atomic mass is 10.2. The highest BCUT2D eigenvalue weighted by molar-refractivity contribution is 5.22. The Balaban J connectivity index is 2.55. The van der Waals surface area contributed by atoms with Crippen molar-refractivity contribution >= 4 is 0 Å². The summed E-state index contributed by atoms with van der Waals surface area (Å²) in [7, 11) is 0. The van der Waals surface area contributed by atoms with E-state index in [1.54, 1.807) is 0 Å². The molecule has 3 nitrogen and oxygen atoms in total. The van der Waals surface area contributed by atoms with Gasteiger partial charge in [0, 0.05) is 24.3 Å². The van der Waals surface area contributed by atoms with E-state index in [-0.39, 0.29) is 0 Å². The maximum atomic E-state index is 4.10. The standard InChI is InChI=1S/C9H15N3/c1-4-5-10-6-9-7(2)11-12-8(9)3/h4,10H,1,5-6H2,2-3H3,(H,11,12). The predicted molar refractivity (Wildman–Crippen MR) is 50.0 cm³/mol. The Labute approximate surface area is 72.9 Å². The van der Waals surface area contributed by atoms with Gasteiger partial charge < -0.3 is 5.32 Å². The molecule has 0 aliphatic carbocycles. The lowest BCUT2D eigenvalue weighted by Gasteiger charge is -2.00. The Bertz CT molecular complexity index is 243. The topological polar surface area (TPSA) is 40.7 Å². The van der Waals surface area contributed by atoms with Crippen LogP contribution in [0.2, 0.25) is 0 Å². The maximum Gasteiger partial charge on any atom is 0.0638 e. The summed E-state index contributed by atoms with van der Waals surface area (Å²) < 4.78 is 0. The highest BCUT2D eigenvalue weighted by Crippen LogP contribution is 2.07. The highest BCUT2D eigenvalue weighted by atomic mass is 15.1. The molecule has 0 aliphatic rings. The first-order valence-electron chi connectivity index (χ1n) is 4.07. The van der Waals surface area contributed by atoms with Gasteiger partial charge in [0.25, 0.3) is 0 Å². The van der Waals surface area contributed by atoms with Crippen LogP contribution < -0.4 is 5.32 Å². The van der Waals surface area contributed by atoms with Crippen molar-refractivity contribution < 1.29 is 0 Å². The molecule has 0 amide bonds. The van der Waals surface area contributed by atoms with Gasteiger partial charge >= 0.3 is 0 Å². The van der Waals surface area contributed by atoms with Crippen LogP contribution >= 0.6 is 0 Å². The average molecular weight is 165 g/mol. The van der Waals surface area contributed by atoms with E-state index >= 15 is 0 Å². The third-order valence-electron chi connectivity index (χ3n) is 1.87. The van der Waals surface area contributed by atoms with Crippen molar-refractivity contribution in [3.63, 3.8) is 0 Å². The number of H-pyrrole nitrogens is 1. The van der Waals surface area contributed by atoms with Crippen LogP contribution in [0.4, 0.5) is 0 Å². The van der Waals surface area contributed by atoms with E-state index in [2.05, 4.69) is 22.1 Å². The molecule has 12 heavy (non-hydrogen) atoms. The van der Waals surface area contributed by atoms with Crippen LogP contribution in [-0.4, -0.2) is 16.7 Å². The van der Waals surface area contributed by atoms with E-state index < -0.39 is 0 Å². The fourth-order valence-electron chi connectivity index (χ4n) is 1.13. The summed E-state index contributed by atoms with van der Waals surface area (Å²) in [4.78, 5) is 0. The van der Waals surface area contributed by atoms with Gasteiger partial charge in [-0.3, -0.25) is 5.10 Å². The molecule has 0 spiro atoms. The van der Waals surface area contributed by atoms with Gasteiger partial charge in [0.2, 0.25) is 0 Å². The number of hydrogen-bond acceptors (Lipinski definition) is 2. The van der Waals surface area contributed by atoms with E-state index in [1.807, 2.05) is 19.9 Å². The summed E-state index contributed by atoms with van der Waals surface area (Å²) >= 11 is 0. The second kappa shape index (κ2) is 4.07. The fourth-order valence-corrected chi connectivity index (χ4v) is 1.13. The molecule has 0 atom stereocenters. The molecule has 1 aromatic heterocycles. The van der Waals surface area contributed by atoms with Crippen LogP contribution in [0.15, 0.2) is 12.7 Å². The first-order valence-corrected chi connectivity index (χ1v) is 4.07. The van der Waals surface area contributed by atoms with Crippen LogP contribution in [0.1, 0.15) is 17.0 Å². The number of nitrogens with zero attached hydrogens (tertiary/aromatic N) is 1. The SMILES string of the molecule is C=CCNCc1c(C)n[nH]c1C. The second-order valence-corrected chi connectivity index (χ2v) is 2.83. The molecule has 3 heteroatoms. The van der Waals surface area contributed by atoms with E-state index in [4.69, 9.17) is 0 Å². The summed E-state index contributed by atoms with van der Waals surface area (Å²) in [6, 6.07) is 0. The zero-order valence-electron chi connectivity index (χ0n) is 7.65. The normalized spacial score (nSPS) is 10.2. The van der Waals surface area contributed by atoms with E-state index in [0.29, 0.717) is 0 Å². The summed E-state index contributed by atoms with van der Waals surface area (Å²) in [6.07, 6.45) is 1.85. The predicted octanol–water partition coefficient (Wildman–Crippen LogP) is 1.30. The molecule has 0 unspecified atom stereocenters. The molecule has 66 valence electrons. The zero-order chi connectivity index (χ0) is 8.97. The summed E-state index contributed by atoms with van der Waals surface area (Å²) in [5.74, 6) is 0. The zero-order valence-corrected chi connectivity index (χ0v) is 7.65. The number of aromatic amines is 1. The van der Waals surface area contributed by atoms with Crippen LogP contribution in [0.5, 0.6) is 0 Å². The largest absolute Gasteiger partial charge is 0.309 e. The van der Waals surface area contributed by atoms with Crippen molar-refractivity contribution in [1.82, 2.24) is 15.5 Å². The maximum absolute atomic E-state index is 4.10. The van der Waals surface area contributed by atoms with Crippen molar-refractivity contribution in [3.05, 3.63) is 29.6 Å². The number of rotatable bonds is 4. The molecule has 0 fully saturated rings. The van der Waals surface area contributed by atoms with Crippen molar-refractivity contribution in [3.8, 4) is 0 Å². The third-order valence-corrected chi connectivity index (χ3v) is 1.87. The van der Waals surface area contributed by atoms with E-state index in [1.165, 1.54) is 5.56 Å². The summed E-state index contributed by atoms with van der Waals surface area (Å²) in [5, 5.41) is 10.3. The van der Waals surface area contributed by atoms with Gasteiger partial charge in [-0.1, -0.05) is 6.08 Å². The molecule has 1 rings (SSSR count). The highest BCUT2D eigenvalue weighted by Gasteiger charge is 2.03. The second-order valence-electron chi connectivity index (χ2n) is 2.83. The lowest BCUT2D eigenvalue weighted by Crippen LogP contribution is -2.13. The molecular weight excluding hydrogens is 150 g/mol. The van der Waals surface area contributed by atoms with Crippen LogP contribution in [0.25, 0.3) is 0 Å². The minimum atomic E-state index is 0.837. The smallest absolute Gasteiger partial charge is 0.0638 e. The number of nitrogens with one attached hydrogen (secondary N) is 2. The molecule has 0 aliphatic heterocycles. The van der Waals surface area contributed by atoms with Crippen LogP contribution in [-0.2, 0) is 6.54 Å². The Morgan fingerprint density at radius 1 is 1.58 bits per heavy atom. The number of aryl methyl sites for hydroxylation is 2. The van der Waals surface area contributed by atoms with Gasteiger partial charge in [-0.15, -0.1) is 6.58 Å². The Kier molecular flexibility index (Phi) is 3.05. The molecule has 1 aromatic rings. The Hall–Kier alpha value is -1.09. The quantitative estimate of drug-likeness (QED) is 0.521. The average Bonchev–Trinajstić information content (AvgIpc) is 2.35. The third kappa shape index (κ3) is 1.95. The minimum absolute atomic E-state index is 0.837. The van der Waals surface area contributed by atoms with Gasteiger partial charge in [-0.25, -0.2) is 0 Å². The number of hydrogen-bond donors (Lipinski definition) is 2. The summed E-state index contributed by atoms with van der Waals surface area (Å²) in [5.41, 5.74) is 3.48. The lowest BCUT2D eigenvalue weighted by molar-refractivity contribution is 0.753. The Morgan fingerprint density at radius 2 is 2.33 bits per heavy atom. The van der Waals surface area contributed by atoms with E-state index in [0.717, 1.165) is 24.5 Å². The van der Waals surface area contributed by atoms with Gasteiger partial charge in [-0.05, 0) is 13.8 Å². The van der Waals surface area contributed by atoms with Crippen molar-refractivity contribution in [1.29, 1.82) is 0 Å². The molecule has 1 heterocycles. The molecular formula is C9H15N3. The molecule has 0 bridgehead atoms. The van der Waals surface area contributed by atoms with Crippen molar-refractivity contribution in [2.24, 2.45) is 0 Å². The van der Waals surface area contributed by atoms with E-state index in [9.17, 15) is 0 Å². The van der Waals surface area contributed by atoms with Gasteiger partial charge in [-0.2, -0.15) is 5.10 Å². The molecule has 2 N–H and O–H groups in total. The fraction of sp³-hybridized carbons (Fsp3) is 0.444. The first kappa shape index (κ1) is 9.00.